The number of hydrogen-bond donors (Lipinski definition) is 1. The summed E-state index contributed by atoms with van der Waals surface area (Å²) in [6.45, 7) is 9.05. The lowest BCUT2D eigenvalue weighted by atomic mass is 10.1. The van der Waals surface area contributed by atoms with Gasteiger partial charge in [0.05, 0.1) is 0 Å². The Hall–Kier alpha value is -0.580. The molecule has 0 aromatic heterocycles. The van der Waals surface area contributed by atoms with Crippen molar-refractivity contribution >= 4 is 0 Å². The molecule has 1 N–H and O–H groups in total. The number of allylic oxidation sites excluding steroid dienone is 1. The van der Waals surface area contributed by atoms with Crippen LogP contribution in [0.3, 0.4) is 0 Å². The minimum absolute atomic E-state index is 0.267. The third-order valence-corrected chi connectivity index (χ3v) is 3.52. The van der Waals surface area contributed by atoms with Crippen LogP contribution in [-0.4, -0.2) is 61.0 Å². The predicted octanol–water partition coefficient (Wildman–Crippen LogP) is 2.05. The molecule has 0 spiro atoms. The van der Waals surface area contributed by atoms with E-state index in [1.54, 1.807) is 7.11 Å². The van der Waals surface area contributed by atoms with E-state index in [2.05, 4.69) is 29.8 Å². The molecule has 4 heteroatoms. The Balaban J connectivity index is 2.14. The molecular formula is C15H30N2O2. The summed E-state index contributed by atoms with van der Waals surface area (Å²) in [5.74, 6) is 0. The molecule has 112 valence electrons. The lowest BCUT2D eigenvalue weighted by Gasteiger charge is -2.37. The van der Waals surface area contributed by atoms with E-state index in [1.807, 2.05) is 0 Å². The topological polar surface area (TPSA) is 35.9 Å². The summed E-state index contributed by atoms with van der Waals surface area (Å²) in [4.78, 5) is 4.54. The second-order valence-corrected chi connectivity index (χ2v) is 5.60. The van der Waals surface area contributed by atoms with Crippen LogP contribution >= 0.6 is 0 Å². The van der Waals surface area contributed by atoms with Gasteiger partial charge < -0.3 is 14.7 Å². The minimum Gasteiger partial charge on any atom is -0.385 e. The van der Waals surface area contributed by atoms with Crippen molar-refractivity contribution in [2.45, 2.75) is 45.8 Å². The van der Waals surface area contributed by atoms with Gasteiger partial charge in [-0.15, -0.1) is 0 Å². The summed E-state index contributed by atoms with van der Waals surface area (Å²) in [6.07, 6.45) is 6.15. The molecule has 0 amide bonds. The second kappa shape index (κ2) is 9.34. The molecule has 0 bridgehead atoms. The molecule has 1 saturated heterocycles. The van der Waals surface area contributed by atoms with E-state index < -0.39 is 0 Å². The van der Waals surface area contributed by atoms with Crippen LogP contribution in [0.25, 0.3) is 0 Å². The first kappa shape index (κ1) is 16.5. The van der Waals surface area contributed by atoms with Gasteiger partial charge in [0.2, 0.25) is 0 Å². The van der Waals surface area contributed by atoms with Gasteiger partial charge in [0.1, 0.15) is 6.23 Å². The van der Waals surface area contributed by atoms with E-state index in [0.717, 1.165) is 58.5 Å². The molecule has 1 fully saturated rings. The van der Waals surface area contributed by atoms with Crippen LogP contribution in [0, 0.1) is 0 Å². The maximum absolute atomic E-state index is 10.2. The van der Waals surface area contributed by atoms with Crippen molar-refractivity contribution in [2.75, 3.05) is 39.9 Å². The van der Waals surface area contributed by atoms with Crippen molar-refractivity contribution in [3.8, 4) is 0 Å². The number of methoxy groups -OCH3 is 1. The molecule has 0 saturated carbocycles. The number of ether oxygens (including phenoxy) is 1. The van der Waals surface area contributed by atoms with E-state index in [-0.39, 0.29) is 6.23 Å². The molecule has 4 nitrogen and oxygen atoms in total. The zero-order valence-electron chi connectivity index (χ0n) is 12.8. The number of piperazine rings is 1. The van der Waals surface area contributed by atoms with Crippen molar-refractivity contribution in [1.82, 2.24) is 9.80 Å². The number of aliphatic hydroxyl groups excluding tert-OH is 1. The van der Waals surface area contributed by atoms with Crippen molar-refractivity contribution in [3.63, 3.8) is 0 Å². The molecule has 1 rings (SSSR count). The number of hydrogen-bond acceptors (Lipinski definition) is 4. The SMILES string of the molecule is COCCCCCC(O)N1CCN(C=C(C)C)CC1. The van der Waals surface area contributed by atoms with Crippen LogP contribution in [-0.2, 0) is 4.74 Å². The van der Waals surface area contributed by atoms with Crippen LogP contribution < -0.4 is 0 Å². The Morgan fingerprint density at radius 3 is 2.42 bits per heavy atom. The number of nitrogens with zero attached hydrogens (tertiary/aromatic N) is 2. The van der Waals surface area contributed by atoms with Crippen LogP contribution in [0.1, 0.15) is 39.5 Å². The summed E-state index contributed by atoms with van der Waals surface area (Å²) >= 11 is 0. The van der Waals surface area contributed by atoms with Gasteiger partial charge in [-0.25, -0.2) is 0 Å². The van der Waals surface area contributed by atoms with Crippen molar-refractivity contribution in [1.29, 1.82) is 0 Å². The Kier molecular flexibility index (Phi) is 8.10. The minimum atomic E-state index is -0.267. The highest BCUT2D eigenvalue weighted by molar-refractivity contribution is 4.94. The first-order valence-electron chi connectivity index (χ1n) is 7.43. The standard InChI is InChI=1S/C15H30N2O2/c1-14(2)13-16-8-10-17(11-9-16)15(18)7-5-4-6-12-19-3/h13,15,18H,4-12H2,1-3H3. The third kappa shape index (κ3) is 6.95. The van der Waals surface area contributed by atoms with Gasteiger partial charge in [0.25, 0.3) is 0 Å². The fourth-order valence-electron chi connectivity index (χ4n) is 2.46. The van der Waals surface area contributed by atoms with Crippen molar-refractivity contribution in [3.05, 3.63) is 11.8 Å². The second-order valence-electron chi connectivity index (χ2n) is 5.60. The van der Waals surface area contributed by atoms with Crippen LogP contribution in [0.15, 0.2) is 11.8 Å². The highest BCUT2D eigenvalue weighted by atomic mass is 16.5. The summed E-state index contributed by atoms with van der Waals surface area (Å²) in [5, 5.41) is 10.2. The summed E-state index contributed by atoms with van der Waals surface area (Å²) < 4.78 is 5.02. The Bertz CT molecular complexity index is 257. The largest absolute Gasteiger partial charge is 0.385 e. The molecule has 1 aliphatic rings. The van der Waals surface area contributed by atoms with Crippen LogP contribution in [0.2, 0.25) is 0 Å². The smallest absolute Gasteiger partial charge is 0.107 e. The predicted molar refractivity (Wildman–Crippen MR) is 78.9 cm³/mol. The average Bonchev–Trinajstić information content (AvgIpc) is 2.38. The molecule has 1 heterocycles. The lowest BCUT2D eigenvalue weighted by Crippen LogP contribution is -2.48. The quantitative estimate of drug-likeness (QED) is 0.685. The van der Waals surface area contributed by atoms with Gasteiger partial charge in [-0.05, 0) is 39.3 Å². The third-order valence-electron chi connectivity index (χ3n) is 3.52. The van der Waals surface area contributed by atoms with Crippen molar-refractivity contribution in [2.24, 2.45) is 0 Å². The monoisotopic (exact) mass is 270 g/mol. The Morgan fingerprint density at radius 1 is 1.16 bits per heavy atom. The fourth-order valence-corrected chi connectivity index (χ4v) is 2.46. The summed E-state index contributed by atoms with van der Waals surface area (Å²) in [5.41, 5.74) is 1.34. The van der Waals surface area contributed by atoms with Crippen molar-refractivity contribution < 1.29 is 9.84 Å². The molecule has 1 aliphatic heterocycles. The maximum atomic E-state index is 10.2. The molecular weight excluding hydrogens is 240 g/mol. The molecule has 0 aromatic rings. The zero-order valence-corrected chi connectivity index (χ0v) is 12.8. The Morgan fingerprint density at radius 2 is 1.84 bits per heavy atom. The van der Waals surface area contributed by atoms with Gasteiger partial charge in [-0.2, -0.15) is 0 Å². The number of aliphatic hydroxyl groups is 1. The Labute approximate surface area is 118 Å². The zero-order chi connectivity index (χ0) is 14.1. The van der Waals surface area contributed by atoms with E-state index >= 15 is 0 Å². The average molecular weight is 270 g/mol. The van der Waals surface area contributed by atoms with Gasteiger partial charge in [-0.1, -0.05) is 12.0 Å². The molecule has 1 unspecified atom stereocenters. The number of rotatable bonds is 8. The van der Waals surface area contributed by atoms with E-state index in [9.17, 15) is 5.11 Å². The van der Waals surface area contributed by atoms with Gasteiger partial charge in [-0.3, -0.25) is 4.90 Å². The first-order valence-corrected chi connectivity index (χ1v) is 7.43. The van der Waals surface area contributed by atoms with Crippen LogP contribution in [0.5, 0.6) is 0 Å². The normalized spacial score (nSPS) is 18.4. The lowest BCUT2D eigenvalue weighted by molar-refractivity contribution is -0.0248. The van der Waals surface area contributed by atoms with E-state index in [0.29, 0.717) is 0 Å². The molecule has 1 atom stereocenters. The van der Waals surface area contributed by atoms with E-state index in [4.69, 9.17) is 4.74 Å². The highest BCUT2D eigenvalue weighted by Gasteiger charge is 2.20. The number of unbranched alkanes of at least 4 members (excludes halogenated alkanes) is 2. The molecule has 0 aliphatic carbocycles. The van der Waals surface area contributed by atoms with Gasteiger partial charge >= 0.3 is 0 Å². The summed E-state index contributed by atoms with van der Waals surface area (Å²) in [6, 6.07) is 0. The highest BCUT2D eigenvalue weighted by Crippen LogP contribution is 2.12. The molecule has 19 heavy (non-hydrogen) atoms. The maximum Gasteiger partial charge on any atom is 0.107 e. The van der Waals surface area contributed by atoms with Gasteiger partial charge in [0, 0.05) is 39.9 Å². The first-order chi connectivity index (χ1) is 9.13. The molecule has 0 radical (unpaired) electrons. The van der Waals surface area contributed by atoms with Crippen LogP contribution in [0.4, 0.5) is 0 Å². The fraction of sp³-hybridized carbons (Fsp3) is 0.867. The molecule has 0 aromatic carbocycles. The summed E-state index contributed by atoms with van der Waals surface area (Å²) in [7, 11) is 1.74. The van der Waals surface area contributed by atoms with Gasteiger partial charge in [0.15, 0.2) is 0 Å². The van der Waals surface area contributed by atoms with E-state index in [1.165, 1.54) is 5.57 Å².